The summed E-state index contributed by atoms with van der Waals surface area (Å²) in [4.78, 5) is 57.1. The Morgan fingerprint density at radius 3 is 2.45 bits per heavy atom. The molecule has 1 saturated carbocycles. The topological polar surface area (TPSA) is 196 Å². The predicted molar refractivity (Wildman–Crippen MR) is 147 cm³/mol. The molecule has 17 heteroatoms. The third-order valence-electron chi connectivity index (χ3n) is 6.59. The van der Waals surface area contributed by atoms with Crippen LogP contribution in [0.2, 0.25) is 0 Å². The van der Waals surface area contributed by atoms with Gasteiger partial charge in [0.15, 0.2) is 11.4 Å². The van der Waals surface area contributed by atoms with Crippen LogP contribution in [0.3, 0.4) is 0 Å². The van der Waals surface area contributed by atoms with E-state index in [0.717, 1.165) is 18.5 Å². The van der Waals surface area contributed by atoms with Crippen LogP contribution in [0.5, 0.6) is 0 Å². The summed E-state index contributed by atoms with van der Waals surface area (Å²) >= 11 is 0. The van der Waals surface area contributed by atoms with Crippen molar-refractivity contribution in [2.24, 2.45) is 11.7 Å². The first-order valence-corrected chi connectivity index (χ1v) is 13.4. The van der Waals surface area contributed by atoms with Crippen molar-refractivity contribution >= 4 is 35.4 Å². The van der Waals surface area contributed by atoms with Gasteiger partial charge in [-0.25, -0.2) is 14.8 Å². The highest BCUT2D eigenvalue weighted by Gasteiger charge is 2.37. The fourth-order valence-electron chi connectivity index (χ4n) is 4.57. The number of carbonyl (C=O) groups is 4. The van der Waals surface area contributed by atoms with Crippen LogP contribution in [0, 0.1) is 5.92 Å². The number of carboxylic acids is 1. The van der Waals surface area contributed by atoms with Gasteiger partial charge >= 0.3 is 18.2 Å². The highest BCUT2D eigenvalue weighted by atomic mass is 19.4. The smallest absolute Gasteiger partial charge is 0.416 e. The molecule has 44 heavy (non-hydrogen) atoms. The van der Waals surface area contributed by atoms with Crippen LogP contribution >= 0.6 is 0 Å². The van der Waals surface area contributed by atoms with Gasteiger partial charge in [0.1, 0.15) is 24.2 Å². The zero-order chi connectivity index (χ0) is 32.4. The number of hydrogen-bond acceptors (Lipinski definition) is 9. The Morgan fingerprint density at radius 2 is 1.86 bits per heavy atom. The first-order chi connectivity index (χ1) is 20.5. The molecule has 0 radical (unpaired) electrons. The fraction of sp³-hybridized carbons (Fsp3) is 0.444. The summed E-state index contributed by atoms with van der Waals surface area (Å²) in [5.74, 6) is -3.61. The van der Waals surface area contributed by atoms with Crippen molar-refractivity contribution in [3.8, 4) is 11.5 Å². The number of primary amides is 1. The van der Waals surface area contributed by atoms with Crippen molar-refractivity contribution in [1.29, 1.82) is 0 Å². The first-order valence-electron chi connectivity index (χ1n) is 13.4. The largest absolute Gasteiger partial charge is 0.481 e. The van der Waals surface area contributed by atoms with Crippen molar-refractivity contribution in [2.45, 2.75) is 64.3 Å². The zero-order valence-electron chi connectivity index (χ0n) is 23.9. The van der Waals surface area contributed by atoms with Gasteiger partial charge in [-0.3, -0.25) is 24.0 Å². The minimum Gasteiger partial charge on any atom is -0.481 e. The maximum Gasteiger partial charge on any atom is 0.416 e. The molecule has 3 heterocycles. The molecule has 0 bridgehead atoms. The number of halogens is 3. The molecule has 0 aromatic carbocycles. The molecule has 0 saturated heterocycles. The number of hydrogen-bond donors (Lipinski definition) is 3. The minimum absolute atomic E-state index is 0.00115. The van der Waals surface area contributed by atoms with E-state index in [0.29, 0.717) is 30.6 Å². The third kappa shape index (κ3) is 7.90. The van der Waals surface area contributed by atoms with Gasteiger partial charge in [0.05, 0.1) is 17.6 Å². The number of nitrogens with two attached hydrogens (primary N) is 1. The molecule has 0 spiro atoms. The highest BCUT2D eigenvalue weighted by Crippen LogP contribution is 2.33. The lowest BCUT2D eigenvalue weighted by Crippen LogP contribution is -2.42. The molecule has 3 amide bonds. The second-order valence-electron chi connectivity index (χ2n) is 11.2. The molecule has 0 atom stereocenters. The van der Waals surface area contributed by atoms with Crippen molar-refractivity contribution in [2.75, 3.05) is 16.8 Å². The van der Waals surface area contributed by atoms with E-state index < -0.39 is 53.9 Å². The molecule has 4 N–H and O–H groups in total. The van der Waals surface area contributed by atoms with E-state index in [1.54, 1.807) is 0 Å². The Morgan fingerprint density at radius 1 is 1.18 bits per heavy atom. The SMILES string of the molecule is CC(C)(C)OC(=O)N(CC(F)(F)F)c1cc(-c2nc(C(=O)Nc3cn([C@H]4CC[C@H](C(=O)O)CC4)nc3C(N)=O)co2)ccn1. The van der Waals surface area contributed by atoms with E-state index in [-0.39, 0.29) is 34.6 Å². The molecule has 236 valence electrons. The summed E-state index contributed by atoms with van der Waals surface area (Å²) in [6, 6.07) is 2.27. The quantitative estimate of drug-likeness (QED) is 0.324. The lowest BCUT2D eigenvalue weighted by Gasteiger charge is -2.27. The van der Waals surface area contributed by atoms with Crippen molar-refractivity contribution in [3.63, 3.8) is 0 Å². The van der Waals surface area contributed by atoms with Gasteiger partial charge in [-0.15, -0.1) is 0 Å². The molecule has 4 rings (SSSR count). The molecule has 3 aromatic rings. The second-order valence-corrected chi connectivity index (χ2v) is 11.2. The second kappa shape index (κ2) is 12.3. The number of anilines is 2. The molecule has 14 nitrogen and oxygen atoms in total. The number of pyridine rings is 1. The summed E-state index contributed by atoms with van der Waals surface area (Å²) < 4.78 is 51.9. The van der Waals surface area contributed by atoms with Crippen LogP contribution in [-0.4, -0.2) is 67.1 Å². The summed E-state index contributed by atoms with van der Waals surface area (Å²) in [5.41, 5.74) is 4.02. The Kier molecular flexibility index (Phi) is 8.96. The maximum atomic E-state index is 13.3. The average molecular weight is 622 g/mol. The van der Waals surface area contributed by atoms with E-state index in [1.807, 2.05) is 0 Å². The van der Waals surface area contributed by atoms with E-state index in [9.17, 15) is 37.5 Å². The van der Waals surface area contributed by atoms with E-state index in [2.05, 4.69) is 20.4 Å². The van der Waals surface area contributed by atoms with E-state index in [4.69, 9.17) is 14.9 Å². The van der Waals surface area contributed by atoms with Gasteiger partial charge in [-0.2, -0.15) is 18.3 Å². The number of amides is 3. The monoisotopic (exact) mass is 621 g/mol. The molecular formula is C27H30F3N7O7. The van der Waals surface area contributed by atoms with Crippen molar-refractivity contribution < 1.29 is 46.6 Å². The average Bonchev–Trinajstić information content (AvgIpc) is 3.59. The highest BCUT2D eigenvalue weighted by molar-refractivity contribution is 6.07. The Bertz CT molecular complexity index is 1550. The maximum absolute atomic E-state index is 13.3. The van der Waals surface area contributed by atoms with Gasteiger partial charge in [-0.05, 0) is 58.6 Å². The zero-order valence-corrected chi connectivity index (χ0v) is 23.9. The third-order valence-corrected chi connectivity index (χ3v) is 6.59. The standard InChI is InChI=1S/C27H30F3N7O7/c1-26(2,3)44-25(42)36(13-27(28,29)30)19-10-15(8-9-32-19)23-34-18(12-43-23)22(39)33-17-11-37(35-20(17)21(31)38)16-6-4-14(5-7-16)24(40)41/h8-12,14,16H,4-7,13H2,1-3H3,(H2,31,38)(H,33,39)(H,40,41)/t14-,16-. The number of aliphatic carboxylic acids is 1. The lowest BCUT2D eigenvalue weighted by atomic mass is 9.86. The first kappa shape index (κ1) is 32.0. The Labute approximate surface area is 248 Å². The number of rotatable bonds is 8. The number of carbonyl (C=O) groups excluding carboxylic acids is 3. The van der Waals surface area contributed by atoms with Gasteiger partial charge in [0, 0.05) is 18.0 Å². The van der Waals surface area contributed by atoms with Gasteiger partial charge < -0.3 is 25.3 Å². The van der Waals surface area contributed by atoms with Crippen LogP contribution in [0.15, 0.2) is 35.2 Å². The number of alkyl halides is 3. The van der Waals surface area contributed by atoms with Crippen LogP contribution in [0.4, 0.5) is 29.5 Å². The number of oxazole rings is 1. The Balaban J connectivity index is 1.53. The summed E-state index contributed by atoms with van der Waals surface area (Å²) in [6.45, 7) is 2.84. The van der Waals surface area contributed by atoms with Crippen LogP contribution in [0.25, 0.3) is 11.5 Å². The van der Waals surface area contributed by atoms with Crippen LogP contribution < -0.4 is 16.0 Å². The number of carboxylic acid groups (broad SMARTS) is 1. The molecule has 1 fully saturated rings. The molecule has 0 aliphatic heterocycles. The van der Waals surface area contributed by atoms with Gasteiger partial charge in [0.2, 0.25) is 5.89 Å². The van der Waals surface area contributed by atoms with E-state index >= 15 is 0 Å². The molecule has 1 aliphatic carbocycles. The number of aromatic nitrogens is 4. The summed E-state index contributed by atoms with van der Waals surface area (Å²) in [5, 5.41) is 15.9. The minimum atomic E-state index is -4.77. The summed E-state index contributed by atoms with van der Waals surface area (Å²) in [7, 11) is 0. The van der Waals surface area contributed by atoms with Crippen LogP contribution in [0.1, 0.15) is 73.5 Å². The number of ether oxygens (including phenoxy) is 1. The molecule has 3 aromatic heterocycles. The van der Waals surface area contributed by atoms with Crippen molar-refractivity contribution in [1.82, 2.24) is 19.7 Å². The van der Waals surface area contributed by atoms with Crippen molar-refractivity contribution in [3.05, 3.63) is 42.2 Å². The van der Waals surface area contributed by atoms with Gasteiger partial charge in [0.25, 0.3) is 11.8 Å². The Hall–Kier alpha value is -4.96. The molecule has 0 unspecified atom stereocenters. The lowest BCUT2D eigenvalue weighted by molar-refractivity contribution is -0.143. The van der Waals surface area contributed by atoms with E-state index in [1.165, 1.54) is 37.7 Å². The number of nitrogens with zero attached hydrogens (tertiary/aromatic N) is 5. The summed E-state index contributed by atoms with van der Waals surface area (Å²) in [6.07, 6.45) is -0.627. The van der Waals surface area contributed by atoms with Gasteiger partial charge in [-0.1, -0.05) is 0 Å². The predicted octanol–water partition coefficient (Wildman–Crippen LogP) is 4.40. The molecule has 1 aliphatic rings. The number of nitrogens with one attached hydrogen (secondary N) is 1. The molecular weight excluding hydrogens is 591 g/mol. The fourth-order valence-corrected chi connectivity index (χ4v) is 4.57. The van der Waals surface area contributed by atoms with Crippen LogP contribution in [-0.2, 0) is 9.53 Å². The normalized spacial score (nSPS) is 17.1.